The van der Waals surface area contributed by atoms with Crippen LogP contribution in [0.15, 0.2) is 24.3 Å². The van der Waals surface area contributed by atoms with Crippen LogP contribution >= 0.6 is 22.9 Å². The minimum absolute atomic E-state index is 0.523. The molecule has 2 aromatic rings. The summed E-state index contributed by atoms with van der Waals surface area (Å²) in [6.45, 7) is 0. The van der Waals surface area contributed by atoms with Gasteiger partial charge in [0.15, 0.2) is 5.13 Å². The molecule has 1 radical (unpaired) electrons. The van der Waals surface area contributed by atoms with Gasteiger partial charge in [-0.25, -0.2) is 4.98 Å². The monoisotopic (exact) mass is 209 g/mol. The van der Waals surface area contributed by atoms with Crippen molar-refractivity contribution in [3.8, 4) is 11.3 Å². The van der Waals surface area contributed by atoms with Gasteiger partial charge in [-0.1, -0.05) is 35.1 Å². The average Bonchev–Trinajstić information content (AvgIpc) is 2.52. The molecule has 2 nitrogen and oxygen atoms in total. The van der Waals surface area contributed by atoms with E-state index >= 15 is 0 Å². The second-order valence-corrected chi connectivity index (χ2v) is 3.78. The number of nitrogens with two attached hydrogens (primary N) is 1. The Balaban J connectivity index is 2.46. The van der Waals surface area contributed by atoms with Crippen molar-refractivity contribution in [2.45, 2.75) is 0 Å². The fourth-order valence-electron chi connectivity index (χ4n) is 1.02. The van der Waals surface area contributed by atoms with Crippen molar-refractivity contribution in [3.63, 3.8) is 0 Å². The number of anilines is 1. The van der Waals surface area contributed by atoms with Crippen LogP contribution in [0.25, 0.3) is 11.3 Å². The highest BCUT2D eigenvalue weighted by Gasteiger charge is 2.02. The van der Waals surface area contributed by atoms with Crippen LogP contribution in [0.3, 0.4) is 0 Å². The van der Waals surface area contributed by atoms with Crippen molar-refractivity contribution >= 4 is 28.1 Å². The lowest BCUT2D eigenvalue weighted by Crippen LogP contribution is -1.82. The van der Waals surface area contributed by atoms with E-state index in [0.29, 0.717) is 10.2 Å². The number of nitrogens with zero attached hydrogens (tertiary/aromatic N) is 1. The van der Waals surface area contributed by atoms with Gasteiger partial charge in [-0.3, -0.25) is 0 Å². The Morgan fingerprint density at radius 2 is 2.31 bits per heavy atom. The van der Waals surface area contributed by atoms with Crippen LogP contribution < -0.4 is 5.73 Å². The predicted molar refractivity (Wildman–Crippen MR) is 55.8 cm³/mol. The van der Waals surface area contributed by atoms with Gasteiger partial charge in [-0.05, 0) is 12.1 Å². The molecule has 1 aromatic heterocycles. The molecule has 0 bridgehead atoms. The molecule has 2 N–H and O–H groups in total. The first-order valence-electron chi connectivity index (χ1n) is 3.65. The third-order valence-corrected chi connectivity index (χ3v) is 2.40. The van der Waals surface area contributed by atoms with Gasteiger partial charge in [-0.15, -0.1) is 0 Å². The molecule has 0 aliphatic carbocycles. The van der Waals surface area contributed by atoms with Crippen LogP contribution in [0, 0.1) is 5.38 Å². The number of halogens is 1. The molecule has 1 heterocycles. The van der Waals surface area contributed by atoms with E-state index in [4.69, 9.17) is 17.3 Å². The molecule has 0 aliphatic rings. The lowest BCUT2D eigenvalue weighted by molar-refractivity contribution is 1.41. The molecule has 1 aromatic carbocycles. The SMILES string of the molecule is Nc1nc(-c2cccc(Cl)c2)[c]s1. The molecule has 0 fully saturated rings. The molecule has 4 heteroatoms. The summed E-state index contributed by atoms with van der Waals surface area (Å²) in [5.74, 6) is 0. The van der Waals surface area contributed by atoms with Crippen molar-refractivity contribution in [1.29, 1.82) is 0 Å². The highest BCUT2D eigenvalue weighted by atomic mass is 35.5. The molecule has 0 aliphatic heterocycles. The maximum absolute atomic E-state index is 5.83. The highest BCUT2D eigenvalue weighted by molar-refractivity contribution is 7.13. The summed E-state index contributed by atoms with van der Waals surface area (Å²) in [6, 6.07) is 7.46. The normalized spacial score (nSPS) is 10.2. The summed E-state index contributed by atoms with van der Waals surface area (Å²) < 4.78 is 0. The molecule has 65 valence electrons. The summed E-state index contributed by atoms with van der Waals surface area (Å²) in [7, 11) is 0. The summed E-state index contributed by atoms with van der Waals surface area (Å²) in [5, 5.41) is 4.21. The molecule has 0 spiro atoms. The van der Waals surface area contributed by atoms with Crippen molar-refractivity contribution in [2.75, 3.05) is 5.73 Å². The topological polar surface area (TPSA) is 38.9 Å². The smallest absolute Gasteiger partial charge is 0.181 e. The Kier molecular flexibility index (Phi) is 2.20. The van der Waals surface area contributed by atoms with E-state index in [2.05, 4.69) is 10.4 Å². The second kappa shape index (κ2) is 3.36. The zero-order valence-corrected chi connectivity index (χ0v) is 8.19. The van der Waals surface area contributed by atoms with Crippen LogP contribution in [0.2, 0.25) is 5.02 Å². The highest BCUT2D eigenvalue weighted by Crippen LogP contribution is 2.24. The van der Waals surface area contributed by atoms with Gasteiger partial charge in [0.05, 0.1) is 11.1 Å². The lowest BCUT2D eigenvalue weighted by atomic mass is 10.2. The summed E-state index contributed by atoms with van der Waals surface area (Å²) in [4.78, 5) is 4.10. The summed E-state index contributed by atoms with van der Waals surface area (Å²) in [5.41, 5.74) is 7.20. The third kappa shape index (κ3) is 1.82. The van der Waals surface area contributed by atoms with Crippen molar-refractivity contribution in [1.82, 2.24) is 4.98 Å². The van der Waals surface area contributed by atoms with Crippen LogP contribution in [0.1, 0.15) is 0 Å². The number of hydrogen-bond donors (Lipinski definition) is 1. The van der Waals surface area contributed by atoms with Crippen LogP contribution in [0.4, 0.5) is 5.13 Å². The summed E-state index contributed by atoms with van der Waals surface area (Å²) >= 11 is 7.14. The van der Waals surface area contributed by atoms with Crippen LogP contribution in [0.5, 0.6) is 0 Å². The first-order chi connectivity index (χ1) is 6.25. The van der Waals surface area contributed by atoms with Crippen molar-refractivity contribution in [3.05, 3.63) is 34.7 Å². The Labute approximate surface area is 85.0 Å². The molecular formula is C9H6ClN2S. The predicted octanol–water partition coefficient (Wildman–Crippen LogP) is 2.85. The molecular weight excluding hydrogens is 204 g/mol. The van der Waals surface area contributed by atoms with E-state index in [1.54, 1.807) is 0 Å². The second-order valence-electron chi connectivity index (χ2n) is 2.51. The average molecular weight is 210 g/mol. The third-order valence-electron chi connectivity index (χ3n) is 1.57. The molecule has 2 rings (SSSR count). The van der Waals surface area contributed by atoms with Crippen LogP contribution in [-0.4, -0.2) is 4.98 Å². The molecule has 0 saturated heterocycles. The Hall–Kier alpha value is -1.06. The fraction of sp³-hybridized carbons (Fsp3) is 0. The number of aromatic nitrogens is 1. The number of thiazole rings is 1. The standard InChI is InChI=1S/C9H6ClN2S/c10-7-3-1-2-6(4-7)8-5-13-9(11)12-8/h1-4H,(H2,11,12). The molecule has 0 saturated carbocycles. The Morgan fingerprint density at radius 3 is 2.92 bits per heavy atom. The minimum atomic E-state index is 0.523. The molecule has 0 unspecified atom stereocenters. The maximum atomic E-state index is 5.83. The molecule has 0 atom stereocenters. The van der Waals surface area contributed by atoms with Gasteiger partial charge in [0.1, 0.15) is 0 Å². The number of rotatable bonds is 1. The van der Waals surface area contributed by atoms with Gasteiger partial charge in [0.2, 0.25) is 0 Å². The van der Waals surface area contributed by atoms with E-state index in [1.807, 2.05) is 24.3 Å². The van der Waals surface area contributed by atoms with E-state index in [9.17, 15) is 0 Å². The van der Waals surface area contributed by atoms with Gasteiger partial charge < -0.3 is 5.73 Å². The molecule has 0 amide bonds. The maximum Gasteiger partial charge on any atom is 0.181 e. The molecule has 13 heavy (non-hydrogen) atoms. The van der Waals surface area contributed by atoms with E-state index < -0.39 is 0 Å². The Morgan fingerprint density at radius 1 is 1.46 bits per heavy atom. The van der Waals surface area contributed by atoms with Crippen LogP contribution in [-0.2, 0) is 0 Å². The fourth-order valence-corrected chi connectivity index (χ4v) is 1.71. The van der Waals surface area contributed by atoms with Gasteiger partial charge >= 0.3 is 0 Å². The van der Waals surface area contributed by atoms with E-state index in [0.717, 1.165) is 11.3 Å². The Bertz CT molecular complexity index is 425. The largest absolute Gasteiger partial charge is 0.375 e. The first-order valence-corrected chi connectivity index (χ1v) is 4.85. The zero-order valence-electron chi connectivity index (χ0n) is 6.62. The summed E-state index contributed by atoms with van der Waals surface area (Å²) in [6.07, 6.45) is 0. The minimum Gasteiger partial charge on any atom is -0.375 e. The number of nitrogen functional groups attached to an aromatic ring is 1. The number of hydrogen-bond acceptors (Lipinski definition) is 3. The number of benzene rings is 1. The first kappa shape index (κ1) is 8.53. The lowest BCUT2D eigenvalue weighted by Gasteiger charge is -1.95. The van der Waals surface area contributed by atoms with Gasteiger partial charge in [0, 0.05) is 10.6 Å². The van der Waals surface area contributed by atoms with E-state index in [-0.39, 0.29) is 0 Å². The van der Waals surface area contributed by atoms with E-state index in [1.165, 1.54) is 11.3 Å². The van der Waals surface area contributed by atoms with Gasteiger partial charge in [0.25, 0.3) is 0 Å². The quantitative estimate of drug-likeness (QED) is 0.785. The zero-order chi connectivity index (χ0) is 9.26. The van der Waals surface area contributed by atoms with Gasteiger partial charge in [-0.2, -0.15) is 0 Å². The van der Waals surface area contributed by atoms with Crippen molar-refractivity contribution < 1.29 is 0 Å². The van der Waals surface area contributed by atoms with Crippen molar-refractivity contribution in [2.24, 2.45) is 0 Å².